The summed E-state index contributed by atoms with van der Waals surface area (Å²) in [5.41, 5.74) is 0. The standard InChI is InChI=1S/C14H9.C4H3S/c1-2-6-12-10-14-8-4-3-7-13(14)9-11(12)5-1;1-2-4-5-3-1/h1-9H;1-3H. The molecule has 3 aromatic carbocycles. The molecule has 0 amide bonds. The Balaban J connectivity index is 0.000000187. The van der Waals surface area contributed by atoms with Gasteiger partial charge in [-0.1, -0.05) is 54.6 Å². The lowest BCUT2D eigenvalue weighted by atomic mass is 10.0. The van der Waals surface area contributed by atoms with Crippen LogP contribution in [0.25, 0.3) is 21.5 Å². The van der Waals surface area contributed by atoms with Gasteiger partial charge in [-0.3, -0.25) is 0 Å². The van der Waals surface area contributed by atoms with E-state index in [1.54, 1.807) is 11.3 Å². The zero-order chi connectivity index (χ0) is 12.9. The van der Waals surface area contributed by atoms with Crippen molar-refractivity contribution in [3.8, 4) is 0 Å². The summed E-state index contributed by atoms with van der Waals surface area (Å²) in [5, 5.41) is 9.77. The van der Waals surface area contributed by atoms with Crippen molar-refractivity contribution < 1.29 is 0 Å². The second-order valence-corrected chi connectivity index (χ2v) is 4.92. The predicted octanol–water partition coefficient (Wildman–Crippen LogP) is 5.34. The summed E-state index contributed by atoms with van der Waals surface area (Å²) in [6, 6.07) is 26.1. The van der Waals surface area contributed by atoms with E-state index in [0.717, 1.165) is 0 Å². The first kappa shape index (κ1) is 11.9. The summed E-state index contributed by atoms with van der Waals surface area (Å²) in [4.78, 5) is 0. The number of benzene rings is 3. The zero-order valence-corrected chi connectivity index (χ0v) is 11.2. The number of hydrogen-bond acceptors (Lipinski definition) is 1. The molecule has 0 unspecified atom stereocenters. The fourth-order valence-electron chi connectivity index (χ4n) is 1.98. The van der Waals surface area contributed by atoms with Crippen molar-refractivity contribution in [1.82, 2.24) is 0 Å². The van der Waals surface area contributed by atoms with Crippen LogP contribution in [0.3, 0.4) is 0 Å². The molecule has 4 aromatic rings. The third-order valence-corrected chi connectivity index (χ3v) is 3.45. The minimum Gasteiger partial charge on any atom is -0.143 e. The molecule has 0 saturated carbocycles. The molecule has 0 aliphatic heterocycles. The summed E-state index contributed by atoms with van der Waals surface area (Å²) < 4.78 is 0. The highest BCUT2D eigenvalue weighted by molar-refractivity contribution is 7.07. The molecule has 1 heterocycles. The van der Waals surface area contributed by atoms with Crippen LogP contribution in [0.15, 0.2) is 72.1 Å². The minimum absolute atomic E-state index is 1.19. The molecule has 0 saturated heterocycles. The first-order valence-corrected chi connectivity index (χ1v) is 7.01. The lowest BCUT2D eigenvalue weighted by molar-refractivity contribution is 1.76. The van der Waals surface area contributed by atoms with E-state index in [1.165, 1.54) is 21.5 Å². The average molecular weight is 260 g/mol. The topological polar surface area (TPSA) is 0 Å². The molecule has 0 fully saturated rings. The summed E-state index contributed by atoms with van der Waals surface area (Å²) in [7, 11) is 0. The number of rotatable bonds is 0. The van der Waals surface area contributed by atoms with Crippen LogP contribution in [-0.4, -0.2) is 0 Å². The summed E-state index contributed by atoms with van der Waals surface area (Å²) >= 11 is 1.59. The van der Waals surface area contributed by atoms with Crippen molar-refractivity contribution in [2.45, 2.75) is 0 Å². The summed E-state index contributed by atoms with van der Waals surface area (Å²) in [6.07, 6.45) is 0. The molecule has 1 aromatic heterocycles. The molecule has 2 radical (unpaired) electrons. The van der Waals surface area contributed by atoms with Gasteiger partial charge in [0.25, 0.3) is 0 Å². The van der Waals surface area contributed by atoms with Crippen LogP contribution in [-0.2, 0) is 0 Å². The Morgan fingerprint density at radius 2 is 1.37 bits per heavy atom. The zero-order valence-electron chi connectivity index (χ0n) is 10.3. The van der Waals surface area contributed by atoms with Gasteiger partial charge in [-0.2, -0.15) is 0 Å². The normalized spacial score (nSPS) is 10.1. The van der Waals surface area contributed by atoms with E-state index < -0.39 is 0 Å². The van der Waals surface area contributed by atoms with Gasteiger partial charge in [-0.25, -0.2) is 0 Å². The Morgan fingerprint density at radius 3 is 1.84 bits per heavy atom. The Morgan fingerprint density at radius 1 is 0.737 bits per heavy atom. The van der Waals surface area contributed by atoms with Gasteiger partial charge in [0.1, 0.15) is 0 Å². The fraction of sp³-hybridized carbons (Fsp3) is 0. The van der Waals surface area contributed by atoms with E-state index in [-0.39, 0.29) is 0 Å². The van der Waals surface area contributed by atoms with E-state index >= 15 is 0 Å². The van der Waals surface area contributed by atoms with Gasteiger partial charge in [-0.05, 0) is 45.1 Å². The van der Waals surface area contributed by atoms with Crippen LogP contribution in [0.5, 0.6) is 0 Å². The molecular formula is C18H12S. The lowest BCUT2D eigenvalue weighted by Crippen LogP contribution is -1.75. The molecule has 1 heteroatoms. The number of thiophene rings is 1. The summed E-state index contributed by atoms with van der Waals surface area (Å²) in [6.45, 7) is 0. The first-order chi connectivity index (χ1) is 9.43. The van der Waals surface area contributed by atoms with Gasteiger partial charge in [-0.15, -0.1) is 11.3 Å². The fourth-order valence-corrected chi connectivity index (χ4v) is 2.38. The van der Waals surface area contributed by atoms with Crippen molar-refractivity contribution in [3.05, 3.63) is 83.6 Å². The molecule has 0 N–H and O–H groups in total. The molecule has 0 aliphatic rings. The molecular weight excluding hydrogens is 248 g/mol. The van der Waals surface area contributed by atoms with Crippen molar-refractivity contribution in [1.29, 1.82) is 0 Å². The van der Waals surface area contributed by atoms with Crippen molar-refractivity contribution in [2.75, 3.05) is 0 Å². The maximum atomic E-state index is 3.41. The van der Waals surface area contributed by atoms with Crippen LogP contribution in [0, 0.1) is 11.4 Å². The maximum Gasteiger partial charge on any atom is 0.0442 e. The first-order valence-electron chi connectivity index (χ1n) is 6.13. The molecule has 0 nitrogen and oxygen atoms in total. The van der Waals surface area contributed by atoms with Crippen LogP contribution in [0.1, 0.15) is 0 Å². The van der Waals surface area contributed by atoms with Gasteiger partial charge in [0.05, 0.1) is 0 Å². The Labute approximate surface area is 116 Å². The van der Waals surface area contributed by atoms with E-state index in [4.69, 9.17) is 0 Å². The van der Waals surface area contributed by atoms with Crippen LogP contribution < -0.4 is 0 Å². The smallest absolute Gasteiger partial charge is 0.0442 e. The number of hydrogen-bond donors (Lipinski definition) is 0. The van der Waals surface area contributed by atoms with Crippen molar-refractivity contribution in [3.63, 3.8) is 0 Å². The SMILES string of the molecule is [c]1c2ccccc2cc2ccccc12.[c]1cccs1. The van der Waals surface area contributed by atoms with E-state index in [2.05, 4.69) is 53.9 Å². The van der Waals surface area contributed by atoms with Crippen LogP contribution in [0.4, 0.5) is 0 Å². The van der Waals surface area contributed by atoms with Gasteiger partial charge in [0, 0.05) is 5.38 Å². The average Bonchev–Trinajstić information content (AvgIpc) is 3.04. The molecule has 0 aliphatic carbocycles. The van der Waals surface area contributed by atoms with Gasteiger partial charge in [0.15, 0.2) is 0 Å². The largest absolute Gasteiger partial charge is 0.143 e. The second kappa shape index (κ2) is 5.68. The van der Waals surface area contributed by atoms with Crippen molar-refractivity contribution >= 4 is 32.9 Å². The van der Waals surface area contributed by atoms with Crippen LogP contribution >= 0.6 is 11.3 Å². The third kappa shape index (κ3) is 2.83. The Bertz CT molecular complexity index is 648. The lowest BCUT2D eigenvalue weighted by Gasteiger charge is -2.00. The highest BCUT2D eigenvalue weighted by Crippen LogP contribution is 2.21. The van der Waals surface area contributed by atoms with E-state index in [1.807, 2.05) is 29.6 Å². The molecule has 90 valence electrons. The maximum absolute atomic E-state index is 3.41. The Hall–Kier alpha value is -2.12. The van der Waals surface area contributed by atoms with Gasteiger partial charge >= 0.3 is 0 Å². The quantitative estimate of drug-likeness (QED) is 0.374. The second-order valence-electron chi connectivity index (χ2n) is 4.17. The minimum atomic E-state index is 1.19. The van der Waals surface area contributed by atoms with E-state index in [0.29, 0.717) is 0 Å². The Kier molecular flexibility index (Phi) is 3.57. The molecule has 4 rings (SSSR count). The molecule has 0 atom stereocenters. The van der Waals surface area contributed by atoms with Crippen molar-refractivity contribution in [2.24, 2.45) is 0 Å². The summed E-state index contributed by atoms with van der Waals surface area (Å²) in [5.74, 6) is 0. The third-order valence-electron chi connectivity index (χ3n) is 2.88. The molecule has 0 bridgehead atoms. The predicted molar refractivity (Wildman–Crippen MR) is 83.4 cm³/mol. The monoisotopic (exact) mass is 260 g/mol. The molecule has 0 spiro atoms. The van der Waals surface area contributed by atoms with Gasteiger partial charge in [0.2, 0.25) is 0 Å². The van der Waals surface area contributed by atoms with Crippen LogP contribution in [0.2, 0.25) is 0 Å². The van der Waals surface area contributed by atoms with E-state index in [9.17, 15) is 0 Å². The number of fused-ring (bicyclic) bond motifs is 2. The highest BCUT2D eigenvalue weighted by Gasteiger charge is 1.95. The highest BCUT2D eigenvalue weighted by atomic mass is 32.1. The van der Waals surface area contributed by atoms with Gasteiger partial charge < -0.3 is 0 Å². The molecule has 19 heavy (non-hydrogen) atoms.